The highest BCUT2D eigenvalue weighted by molar-refractivity contribution is 5.21. The third-order valence-corrected chi connectivity index (χ3v) is 4.97. The third-order valence-electron chi connectivity index (χ3n) is 4.97. The minimum atomic E-state index is 0.496. The molecule has 0 amide bonds. The molecule has 0 saturated heterocycles. The molecule has 0 spiro atoms. The Balaban J connectivity index is 1.91. The van der Waals surface area contributed by atoms with Crippen LogP contribution in [0.15, 0.2) is 36.7 Å². The Bertz CT molecular complexity index is 554. The molecule has 0 aliphatic rings. The molecular formula is C22H32N2. The van der Waals surface area contributed by atoms with E-state index in [-0.39, 0.29) is 0 Å². The quantitative estimate of drug-likeness (QED) is 0.588. The van der Waals surface area contributed by atoms with Gasteiger partial charge in [0.25, 0.3) is 0 Å². The van der Waals surface area contributed by atoms with E-state index in [1.165, 1.54) is 35.4 Å². The van der Waals surface area contributed by atoms with Crippen molar-refractivity contribution in [2.24, 2.45) is 0 Å². The Morgan fingerprint density at radius 3 is 1.25 bits per heavy atom. The number of hydrogen-bond donors (Lipinski definition) is 0. The molecule has 2 unspecified atom stereocenters. The van der Waals surface area contributed by atoms with Crippen LogP contribution in [0, 0.1) is 0 Å². The fourth-order valence-electron chi connectivity index (χ4n) is 2.93. The van der Waals surface area contributed by atoms with E-state index >= 15 is 0 Å². The monoisotopic (exact) mass is 324 g/mol. The van der Waals surface area contributed by atoms with Crippen LogP contribution in [-0.4, -0.2) is 9.97 Å². The van der Waals surface area contributed by atoms with Gasteiger partial charge in [0.2, 0.25) is 0 Å². The first-order chi connectivity index (χ1) is 11.4. The standard InChI is InChI=1S/C22H32N2/c1-15(2)21-11-9-19(13-23-21)17(5)7-8-18(6)20-10-12-22(16(3)4)24-14-20/h9-18H,7-8H2,1-6H3. The van der Waals surface area contributed by atoms with Crippen LogP contribution in [0.3, 0.4) is 0 Å². The van der Waals surface area contributed by atoms with Crippen molar-refractivity contribution in [3.05, 3.63) is 59.2 Å². The van der Waals surface area contributed by atoms with Gasteiger partial charge >= 0.3 is 0 Å². The summed E-state index contributed by atoms with van der Waals surface area (Å²) in [5.74, 6) is 2.08. The van der Waals surface area contributed by atoms with Gasteiger partial charge in [0.1, 0.15) is 0 Å². The highest BCUT2D eigenvalue weighted by Gasteiger charge is 2.12. The maximum absolute atomic E-state index is 4.60. The van der Waals surface area contributed by atoms with E-state index in [0.29, 0.717) is 23.7 Å². The molecule has 0 radical (unpaired) electrons. The minimum Gasteiger partial charge on any atom is -0.261 e. The molecular weight excluding hydrogens is 292 g/mol. The molecule has 0 aliphatic carbocycles. The molecule has 0 saturated carbocycles. The number of nitrogens with zero attached hydrogens (tertiary/aromatic N) is 2. The molecule has 2 aromatic heterocycles. The van der Waals surface area contributed by atoms with E-state index in [0.717, 1.165) is 0 Å². The second-order valence-electron chi connectivity index (χ2n) is 7.72. The first-order valence-electron chi connectivity index (χ1n) is 9.30. The van der Waals surface area contributed by atoms with Crippen LogP contribution in [0.1, 0.15) is 101 Å². The van der Waals surface area contributed by atoms with E-state index in [2.05, 4.69) is 88.2 Å². The molecule has 0 N–H and O–H groups in total. The predicted octanol–water partition coefficient (Wildman–Crippen LogP) is 6.41. The summed E-state index contributed by atoms with van der Waals surface area (Å²) in [6.45, 7) is 13.4. The lowest BCUT2D eigenvalue weighted by atomic mass is 9.90. The minimum absolute atomic E-state index is 0.496. The fourth-order valence-corrected chi connectivity index (χ4v) is 2.93. The van der Waals surface area contributed by atoms with Gasteiger partial charge < -0.3 is 0 Å². The molecule has 0 aromatic carbocycles. The van der Waals surface area contributed by atoms with Crippen molar-refractivity contribution >= 4 is 0 Å². The van der Waals surface area contributed by atoms with Crippen molar-refractivity contribution in [2.75, 3.05) is 0 Å². The van der Waals surface area contributed by atoms with Gasteiger partial charge in [-0.15, -0.1) is 0 Å². The second kappa shape index (κ2) is 8.41. The van der Waals surface area contributed by atoms with Gasteiger partial charge in [0, 0.05) is 23.8 Å². The van der Waals surface area contributed by atoms with Gasteiger partial charge in [-0.3, -0.25) is 9.97 Å². The highest BCUT2D eigenvalue weighted by Crippen LogP contribution is 2.28. The van der Waals surface area contributed by atoms with Crippen molar-refractivity contribution in [3.63, 3.8) is 0 Å². The van der Waals surface area contributed by atoms with Crippen molar-refractivity contribution in [1.82, 2.24) is 9.97 Å². The maximum atomic E-state index is 4.60. The molecule has 0 bridgehead atoms. The smallest absolute Gasteiger partial charge is 0.0429 e. The zero-order valence-electron chi connectivity index (χ0n) is 16.1. The summed E-state index contributed by atoms with van der Waals surface area (Å²) in [6.07, 6.45) is 6.47. The first-order valence-corrected chi connectivity index (χ1v) is 9.30. The van der Waals surface area contributed by atoms with Gasteiger partial charge in [-0.25, -0.2) is 0 Å². The van der Waals surface area contributed by atoms with E-state index in [4.69, 9.17) is 0 Å². The number of aromatic nitrogens is 2. The normalized spacial score (nSPS) is 14.2. The molecule has 2 nitrogen and oxygen atoms in total. The fraction of sp³-hybridized carbons (Fsp3) is 0.545. The van der Waals surface area contributed by atoms with Crippen molar-refractivity contribution in [1.29, 1.82) is 0 Å². The zero-order chi connectivity index (χ0) is 17.7. The van der Waals surface area contributed by atoms with Gasteiger partial charge in [-0.1, -0.05) is 53.7 Å². The summed E-state index contributed by atoms with van der Waals surface area (Å²) in [5.41, 5.74) is 5.05. The predicted molar refractivity (Wildman–Crippen MR) is 103 cm³/mol. The Labute approximate surface area is 147 Å². The number of rotatable bonds is 7. The lowest BCUT2D eigenvalue weighted by Crippen LogP contribution is -2.02. The van der Waals surface area contributed by atoms with Crippen LogP contribution in [0.2, 0.25) is 0 Å². The SMILES string of the molecule is CC(C)c1ccc(C(C)CCC(C)c2ccc(C(C)C)nc2)cn1. The Hall–Kier alpha value is -1.70. The van der Waals surface area contributed by atoms with Crippen LogP contribution in [0.4, 0.5) is 0 Å². The van der Waals surface area contributed by atoms with Crippen molar-refractivity contribution < 1.29 is 0 Å². The summed E-state index contributed by atoms with van der Waals surface area (Å²) in [5, 5.41) is 0. The van der Waals surface area contributed by atoms with Crippen LogP contribution >= 0.6 is 0 Å². The van der Waals surface area contributed by atoms with Crippen LogP contribution in [0.25, 0.3) is 0 Å². The molecule has 2 atom stereocenters. The Morgan fingerprint density at radius 2 is 1.00 bits per heavy atom. The summed E-state index contributed by atoms with van der Waals surface area (Å²) in [4.78, 5) is 9.20. The van der Waals surface area contributed by atoms with E-state index in [9.17, 15) is 0 Å². The van der Waals surface area contributed by atoms with Gasteiger partial charge in [-0.2, -0.15) is 0 Å². The van der Waals surface area contributed by atoms with Crippen LogP contribution < -0.4 is 0 Å². The Kier molecular flexibility index (Phi) is 6.53. The molecule has 0 fully saturated rings. The maximum Gasteiger partial charge on any atom is 0.0429 e. The molecule has 2 aromatic rings. The second-order valence-corrected chi connectivity index (χ2v) is 7.72. The first kappa shape index (κ1) is 18.6. The van der Waals surface area contributed by atoms with Crippen LogP contribution in [-0.2, 0) is 0 Å². The third kappa shape index (κ3) is 4.90. The number of hydrogen-bond acceptors (Lipinski definition) is 2. The molecule has 24 heavy (non-hydrogen) atoms. The lowest BCUT2D eigenvalue weighted by Gasteiger charge is -2.17. The summed E-state index contributed by atoms with van der Waals surface area (Å²) in [6, 6.07) is 8.84. The molecule has 2 rings (SSSR count). The molecule has 130 valence electrons. The average molecular weight is 325 g/mol. The zero-order valence-corrected chi connectivity index (χ0v) is 16.1. The summed E-state index contributed by atoms with van der Waals surface area (Å²) < 4.78 is 0. The van der Waals surface area contributed by atoms with Crippen LogP contribution in [0.5, 0.6) is 0 Å². The van der Waals surface area contributed by atoms with E-state index < -0.39 is 0 Å². The summed E-state index contributed by atoms with van der Waals surface area (Å²) >= 11 is 0. The lowest BCUT2D eigenvalue weighted by molar-refractivity contribution is 0.570. The average Bonchev–Trinajstić information content (AvgIpc) is 2.59. The van der Waals surface area contributed by atoms with Crippen molar-refractivity contribution in [3.8, 4) is 0 Å². The summed E-state index contributed by atoms with van der Waals surface area (Å²) in [7, 11) is 0. The van der Waals surface area contributed by atoms with Gasteiger partial charge in [0.15, 0.2) is 0 Å². The Morgan fingerprint density at radius 1 is 0.625 bits per heavy atom. The number of pyridine rings is 2. The molecule has 2 heteroatoms. The molecule has 0 aliphatic heterocycles. The van der Waals surface area contributed by atoms with Gasteiger partial charge in [-0.05, 0) is 59.8 Å². The highest BCUT2D eigenvalue weighted by atomic mass is 14.7. The van der Waals surface area contributed by atoms with E-state index in [1.54, 1.807) is 0 Å². The van der Waals surface area contributed by atoms with E-state index in [1.807, 2.05) is 0 Å². The topological polar surface area (TPSA) is 25.8 Å². The molecule has 2 heterocycles. The van der Waals surface area contributed by atoms with Crippen molar-refractivity contribution in [2.45, 2.75) is 78.1 Å². The van der Waals surface area contributed by atoms with Gasteiger partial charge in [0.05, 0.1) is 0 Å². The largest absolute Gasteiger partial charge is 0.261 e.